The van der Waals surface area contributed by atoms with E-state index >= 15 is 0 Å². The van der Waals surface area contributed by atoms with Crippen LogP contribution >= 0.6 is 0 Å². The van der Waals surface area contributed by atoms with E-state index in [-0.39, 0.29) is 5.91 Å². The molecule has 1 aromatic heterocycles. The molecule has 0 aliphatic heterocycles. The van der Waals surface area contributed by atoms with Crippen LogP contribution in [-0.2, 0) is 11.2 Å². The highest BCUT2D eigenvalue weighted by molar-refractivity contribution is 5.85. The van der Waals surface area contributed by atoms with Crippen molar-refractivity contribution in [1.29, 1.82) is 0 Å². The summed E-state index contributed by atoms with van der Waals surface area (Å²) in [5.74, 6) is 0.496. The number of carbonyl (C=O) groups excluding carboxylic acids is 1. The Kier molecular flexibility index (Phi) is 4.42. The monoisotopic (exact) mass is 226 g/mol. The van der Waals surface area contributed by atoms with Crippen LogP contribution in [0, 0.1) is 0 Å². The van der Waals surface area contributed by atoms with Crippen molar-refractivity contribution >= 4 is 5.91 Å². The molecule has 6 nitrogen and oxygen atoms in total. The minimum Gasteiger partial charge on any atom is -0.354 e. The van der Waals surface area contributed by atoms with Crippen LogP contribution in [0.2, 0.25) is 0 Å². The molecule has 16 heavy (non-hydrogen) atoms. The number of aromatic nitrogens is 2. The van der Waals surface area contributed by atoms with Gasteiger partial charge >= 0.3 is 0 Å². The number of carbonyl (C=O) groups is 1. The van der Waals surface area contributed by atoms with Gasteiger partial charge in [-0.1, -0.05) is 12.1 Å². The molecule has 0 aromatic carbocycles. The molecule has 0 aliphatic carbocycles. The highest BCUT2D eigenvalue weighted by Gasteiger charge is 2.25. The lowest BCUT2D eigenvalue weighted by Crippen LogP contribution is -2.52. The van der Waals surface area contributed by atoms with Crippen molar-refractivity contribution in [3.63, 3.8) is 0 Å². The van der Waals surface area contributed by atoms with Gasteiger partial charge in [-0.05, 0) is 20.4 Å². The summed E-state index contributed by atoms with van der Waals surface area (Å²) >= 11 is 0. The topological polar surface area (TPSA) is 80.0 Å². The average Bonchev–Trinajstić information content (AvgIpc) is 2.70. The zero-order valence-electron chi connectivity index (χ0n) is 9.91. The third-order valence-corrected chi connectivity index (χ3v) is 2.22. The molecule has 0 radical (unpaired) electrons. The number of hydrogen-bond donors (Lipinski definition) is 2. The number of nitrogens with one attached hydrogen (secondary N) is 2. The summed E-state index contributed by atoms with van der Waals surface area (Å²) in [6.07, 6.45) is 1.90. The van der Waals surface area contributed by atoms with E-state index < -0.39 is 5.54 Å². The van der Waals surface area contributed by atoms with Crippen LogP contribution in [0.1, 0.15) is 26.7 Å². The van der Waals surface area contributed by atoms with Gasteiger partial charge in [-0.25, -0.2) is 0 Å². The quantitative estimate of drug-likeness (QED) is 0.720. The van der Waals surface area contributed by atoms with Crippen molar-refractivity contribution in [2.45, 2.75) is 32.7 Å². The zero-order valence-corrected chi connectivity index (χ0v) is 9.91. The van der Waals surface area contributed by atoms with Gasteiger partial charge in [-0.15, -0.1) is 0 Å². The maximum atomic E-state index is 11.7. The number of nitrogens with zero attached hydrogens (tertiary/aromatic N) is 2. The molecule has 90 valence electrons. The molecule has 1 aromatic rings. The van der Waals surface area contributed by atoms with Gasteiger partial charge < -0.3 is 15.2 Å². The smallest absolute Gasteiger partial charge is 0.239 e. The van der Waals surface area contributed by atoms with E-state index in [1.165, 1.54) is 6.33 Å². The molecule has 1 heterocycles. The highest BCUT2D eigenvalue weighted by atomic mass is 16.5. The van der Waals surface area contributed by atoms with Crippen molar-refractivity contribution in [3.05, 3.63) is 12.2 Å². The fourth-order valence-corrected chi connectivity index (χ4v) is 1.33. The van der Waals surface area contributed by atoms with Gasteiger partial charge in [0.2, 0.25) is 11.8 Å². The van der Waals surface area contributed by atoms with Gasteiger partial charge in [-0.3, -0.25) is 4.79 Å². The van der Waals surface area contributed by atoms with Gasteiger partial charge in [0.25, 0.3) is 0 Å². The first-order valence-corrected chi connectivity index (χ1v) is 5.35. The Balaban J connectivity index is 2.30. The summed E-state index contributed by atoms with van der Waals surface area (Å²) < 4.78 is 4.82. The first-order valence-electron chi connectivity index (χ1n) is 5.35. The van der Waals surface area contributed by atoms with Crippen molar-refractivity contribution in [3.8, 4) is 0 Å². The Morgan fingerprint density at radius 1 is 1.56 bits per heavy atom. The summed E-state index contributed by atoms with van der Waals surface area (Å²) in [5.41, 5.74) is -0.552. The maximum Gasteiger partial charge on any atom is 0.239 e. The summed E-state index contributed by atoms with van der Waals surface area (Å²) in [5, 5.41) is 9.41. The van der Waals surface area contributed by atoms with Gasteiger partial charge in [0, 0.05) is 13.0 Å². The molecular formula is C10H18N4O2. The molecule has 0 aliphatic rings. The van der Waals surface area contributed by atoms with Crippen LogP contribution in [-0.4, -0.2) is 34.7 Å². The second-order valence-electron chi connectivity index (χ2n) is 4.00. The van der Waals surface area contributed by atoms with Crippen LogP contribution in [0.4, 0.5) is 0 Å². The molecular weight excluding hydrogens is 208 g/mol. The lowest BCUT2D eigenvalue weighted by Gasteiger charge is -2.24. The van der Waals surface area contributed by atoms with Gasteiger partial charge in [0.1, 0.15) is 0 Å². The number of likely N-dealkylation sites (N-methyl/N-ethyl adjacent to an activating group) is 1. The van der Waals surface area contributed by atoms with Crippen molar-refractivity contribution in [2.24, 2.45) is 0 Å². The highest BCUT2D eigenvalue weighted by Crippen LogP contribution is 2.01. The zero-order chi connectivity index (χ0) is 12.0. The first kappa shape index (κ1) is 12.6. The van der Waals surface area contributed by atoms with Gasteiger partial charge in [0.15, 0.2) is 6.33 Å². The third kappa shape index (κ3) is 3.62. The van der Waals surface area contributed by atoms with E-state index in [0.717, 1.165) is 6.54 Å². The van der Waals surface area contributed by atoms with Crippen LogP contribution in [0.25, 0.3) is 0 Å². The Hall–Kier alpha value is -1.43. The van der Waals surface area contributed by atoms with Crippen LogP contribution in [0.5, 0.6) is 0 Å². The minimum atomic E-state index is -0.552. The van der Waals surface area contributed by atoms with Gasteiger partial charge in [-0.2, -0.15) is 4.98 Å². The van der Waals surface area contributed by atoms with Crippen molar-refractivity contribution < 1.29 is 9.32 Å². The molecule has 0 fully saturated rings. The van der Waals surface area contributed by atoms with E-state index in [1.807, 2.05) is 20.8 Å². The van der Waals surface area contributed by atoms with Crippen LogP contribution < -0.4 is 10.6 Å². The summed E-state index contributed by atoms with van der Waals surface area (Å²) in [4.78, 5) is 15.6. The molecule has 0 atom stereocenters. The van der Waals surface area contributed by atoms with Crippen molar-refractivity contribution in [2.75, 3.05) is 13.1 Å². The maximum absolute atomic E-state index is 11.7. The molecule has 1 rings (SSSR count). The summed E-state index contributed by atoms with van der Waals surface area (Å²) in [6, 6.07) is 0. The minimum absolute atomic E-state index is 0.0335. The van der Waals surface area contributed by atoms with Crippen LogP contribution in [0.3, 0.4) is 0 Å². The second-order valence-corrected chi connectivity index (χ2v) is 4.00. The van der Waals surface area contributed by atoms with E-state index in [2.05, 4.69) is 20.8 Å². The fraction of sp³-hybridized carbons (Fsp3) is 0.700. The summed E-state index contributed by atoms with van der Waals surface area (Å²) in [6.45, 7) is 6.91. The van der Waals surface area contributed by atoms with E-state index in [9.17, 15) is 4.79 Å². The van der Waals surface area contributed by atoms with Crippen molar-refractivity contribution in [1.82, 2.24) is 20.8 Å². The first-order chi connectivity index (χ1) is 7.56. The molecule has 6 heteroatoms. The lowest BCUT2D eigenvalue weighted by atomic mass is 10.0. The van der Waals surface area contributed by atoms with E-state index in [1.54, 1.807) is 0 Å². The number of hydrogen-bond acceptors (Lipinski definition) is 5. The molecule has 1 amide bonds. The summed E-state index contributed by atoms with van der Waals surface area (Å²) in [7, 11) is 0. The van der Waals surface area contributed by atoms with E-state index in [0.29, 0.717) is 18.9 Å². The SMILES string of the molecule is CCNC(C)(C)C(=O)NCCc1ncno1. The molecule has 0 saturated carbocycles. The standard InChI is InChI=1S/C10H18N4O2/c1-4-13-10(2,3)9(15)11-6-5-8-12-7-14-16-8/h7,13H,4-6H2,1-3H3,(H,11,15). The van der Waals surface area contributed by atoms with Gasteiger partial charge in [0.05, 0.1) is 5.54 Å². The Bertz CT molecular complexity index is 322. The van der Waals surface area contributed by atoms with Crippen LogP contribution in [0.15, 0.2) is 10.9 Å². The lowest BCUT2D eigenvalue weighted by molar-refractivity contribution is -0.126. The fourth-order valence-electron chi connectivity index (χ4n) is 1.33. The predicted octanol–water partition coefficient (Wildman–Crippen LogP) is 0.116. The Morgan fingerprint density at radius 2 is 2.31 bits per heavy atom. The normalized spacial score (nSPS) is 11.4. The third-order valence-electron chi connectivity index (χ3n) is 2.22. The molecule has 0 spiro atoms. The average molecular weight is 226 g/mol. The molecule has 0 unspecified atom stereocenters. The van der Waals surface area contributed by atoms with E-state index in [4.69, 9.17) is 4.52 Å². The molecule has 2 N–H and O–H groups in total. The second kappa shape index (κ2) is 5.60. The molecule has 0 bridgehead atoms. The largest absolute Gasteiger partial charge is 0.354 e. The Morgan fingerprint density at radius 3 is 2.88 bits per heavy atom. The predicted molar refractivity (Wildman–Crippen MR) is 58.8 cm³/mol. The molecule has 0 saturated heterocycles. The number of amides is 1. The Labute approximate surface area is 94.8 Å². The number of rotatable bonds is 6.